The van der Waals surface area contributed by atoms with E-state index < -0.39 is 11.6 Å². The van der Waals surface area contributed by atoms with Gasteiger partial charge in [0.25, 0.3) is 0 Å². The predicted molar refractivity (Wildman–Crippen MR) is 115 cm³/mol. The third-order valence-corrected chi connectivity index (χ3v) is 7.93. The lowest BCUT2D eigenvalue weighted by atomic mass is 9.70. The smallest absolute Gasteiger partial charge is 0.201 e. The molecule has 160 valence electrons. The van der Waals surface area contributed by atoms with E-state index in [4.69, 9.17) is 4.74 Å². The van der Waals surface area contributed by atoms with E-state index in [9.17, 15) is 8.78 Å². The highest BCUT2D eigenvalue weighted by molar-refractivity contribution is 5.67. The van der Waals surface area contributed by atoms with Gasteiger partial charge in [0.2, 0.25) is 5.82 Å². The van der Waals surface area contributed by atoms with Crippen molar-refractivity contribution in [3.05, 3.63) is 35.4 Å². The van der Waals surface area contributed by atoms with Gasteiger partial charge < -0.3 is 4.74 Å². The van der Waals surface area contributed by atoms with E-state index in [2.05, 4.69) is 13.0 Å². The van der Waals surface area contributed by atoms with Crippen LogP contribution < -0.4 is 4.74 Å². The van der Waals surface area contributed by atoms with Crippen LogP contribution in [0.1, 0.15) is 89.5 Å². The second kappa shape index (κ2) is 9.62. The Balaban J connectivity index is 1.37. The molecule has 3 aliphatic carbocycles. The number of ether oxygens (including phenoxy) is 1. The average Bonchev–Trinajstić information content (AvgIpc) is 3.29. The van der Waals surface area contributed by atoms with Crippen LogP contribution in [-0.2, 0) is 0 Å². The summed E-state index contributed by atoms with van der Waals surface area (Å²) >= 11 is 0. The SMILES string of the molecule is CCC1CCC(C2CC=C(c3ccc(OCC4CCCC4)c(F)c3F)CC2)CC1. The molecular weight excluding hydrogens is 366 g/mol. The van der Waals surface area contributed by atoms with Gasteiger partial charge in [-0.3, -0.25) is 0 Å². The molecule has 0 amide bonds. The topological polar surface area (TPSA) is 9.23 Å². The fourth-order valence-electron chi connectivity index (χ4n) is 5.87. The van der Waals surface area contributed by atoms with E-state index in [-0.39, 0.29) is 5.75 Å². The van der Waals surface area contributed by atoms with E-state index in [1.54, 1.807) is 12.1 Å². The maximum atomic E-state index is 14.8. The Morgan fingerprint density at radius 1 is 0.862 bits per heavy atom. The molecule has 2 fully saturated rings. The van der Waals surface area contributed by atoms with E-state index in [1.165, 1.54) is 44.9 Å². The fraction of sp³-hybridized carbons (Fsp3) is 0.692. The molecule has 0 bridgehead atoms. The number of allylic oxidation sites excluding steroid dienone is 2. The van der Waals surface area contributed by atoms with Gasteiger partial charge in [-0.1, -0.05) is 45.1 Å². The van der Waals surface area contributed by atoms with Gasteiger partial charge in [-0.2, -0.15) is 4.39 Å². The molecule has 0 spiro atoms. The maximum absolute atomic E-state index is 14.8. The minimum Gasteiger partial charge on any atom is -0.490 e. The van der Waals surface area contributed by atoms with Gasteiger partial charge in [0, 0.05) is 5.56 Å². The molecule has 0 saturated heterocycles. The van der Waals surface area contributed by atoms with Crippen molar-refractivity contribution in [1.29, 1.82) is 0 Å². The fourth-order valence-corrected chi connectivity index (χ4v) is 5.87. The van der Waals surface area contributed by atoms with E-state index >= 15 is 0 Å². The molecule has 1 unspecified atom stereocenters. The highest BCUT2D eigenvalue weighted by Gasteiger charge is 2.29. The molecule has 0 aromatic heterocycles. The van der Waals surface area contributed by atoms with Crippen molar-refractivity contribution in [2.24, 2.45) is 23.7 Å². The molecule has 29 heavy (non-hydrogen) atoms. The van der Waals surface area contributed by atoms with Crippen molar-refractivity contribution in [2.75, 3.05) is 6.61 Å². The molecule has 1 aromatic carbocycles. The van der Waals surface area contributed by atoms with Gasteiger partial charge in [0.1, 0.15) is 0 Å². The van der Waals surface area contributed by atoms with Crippen molar-refractivity contribution in [3.63, 3.8) is 0 Å². The Bertz CT molecular complexity index is 712. The minimum absolute atomic E-state index is 0.0696. The summed E-state index contributed by atoms with van der Waals surface area (Å²) in [6.07, 6.45) is 16.6. The van der Waals surface area contributed by atoms with Gasteiger partial charge in [-0.25, -0.2) is 4.39 Å². The predicted octanol–water partition coefficient (Wildman–Crippen LogP) is 7.93. The van der Waals surface area contributed by atoms with Crippen LogP contribution in [0.5, 0.6) is 5.75 Å². The zero-order chi connectivity index (χ0) is 20.2. The zero-order valence-corrected chi connectivity index (χ0v) is 17.9. The van der Waals surface area contributed by atoms with Crippen LogP contribution in [0.4, 0.5) is 8.78 Å². The van der Waals surface area contributed by atoms with E-state index in [0.717, 1.165) is 55.4 Å². The minimum atomic E-state index is -0.818. The van der Waals surface area contributed by atoms with Crippen LogP contribution in [-0.4, -0.2) is 6.61 Å². The van der Waals surface area contributed by atoms with Crippen molar-refractivity contribution >= 4 is 5.57 Å². The maximum Gasteiger partial charge on any atom is 0.201 e. The molecule has 0 aliphatic heterocycles. The molecule has 0 N–H and O–H groups in total. The molecule has 2 saturated carbocycles. The first kappa shape index (κ1) is 20.9. The Hall–Kier alpha value is -1.38. The van der Waals surface area contributed by atoms with E-state index in [1.807, 2.05) is 0 Å². The summed E-state index contributed by atoms with van der Waals surface area (Å²) in [6, 6.07) is 3.35. The third-order valence-electron chi connectivity index (χ3n) is 7.93. The zero-order valence-electron chi connectivity index (χ0n) is 17.9. The lowest BCUT2D eigenvalue weighted by molar-refractivity contribution is 0.192. The van der Waals surface area contributed by atoms with Crippen LogP contribution in [0, 0.1) is 35.3 Å². The van der Waals surface area contributed by atoms with Crippen LogP contribution in [0.3, 0.4) is 0 Å². The Morgan fingerprint density at radius 3 is 2.28 bits per heavy atom. The Kier molecular flexibility index (Phi) is 6.92. The summed E-state index contributed by atoms with van der Waals surface area (Å²) in [6.45, 7) is 2.81. The quantitative estimate of drug-likeness (QED) is 0.469. The lowest BCUT2D eigenvalue weighted by Gasteiger charge is -2.35. The van der Waals surface area contributed by atoms with Crippen molar-refractivity contribution in [1.82, 2.24) is 0 Å². The summed E-state index contributed by atoms with van der Waals surface area (Å²) in [5, 5.41) is 0. The van der Waals surface area contributed by atoms with Crippen LogP contribution in [0.2, 0.25) is 0 Å². The summed E-state index contributed by atoms with van der Waals surface area (Å²) < 4.78 is 35.0. The second-order valence-corrected chi connectivity index (χ2v) is 9.65. The number of hydrogen-bond acceptors (Lipinski definition) is 1. The molecule has 3 aliphatic rings. The second-order valence-electron chi connectivity index (χ2n) is 9.65. The first-order chi connectivity index (χ1) is 14.2. The molecule has 0 heterocycles. The van der Waals surface area contributed by atoms with Crippen molar-refractivity contribution < 1.29 is 13.5 Å². The molecule has 4 rings (SSSR count). The largest absolute Gasteiger partial charge is 0.490 e. The summed E-state index contributed by atoms with van der Waals surface area (Å²) in [5.74, 6) is 1.47. The standard InChI is InChI=1S/C26H36F2O/c1-2-18-7-9-20(10-8-18)21-11-13-22(14-12-21)23-15-16-24(26(28)25(23)27)29-17-19-5-3-4-6-19/h13,15-16,18-21H,2-12,14,17H2,1H3. The Morgan fingerprint density at radius 2 is 1.62 bits per heavy atom. The summed E-state index contributed by atoms with van der Waals surface area (Å²) in [5.41, 5.74) is 1.41. The number of halogens is 2. The third kappa shape index (κ3) is 4.86. The first-order valence-corrected chi connectivity index (χ1v) is 12.0. The van der Waals surface area contributed by atoms with Crippen molar-refractivity contribution in [2.45, 2.75) is 84.0 Å². The van der Waals surface area contributed by atoms with Gasteiger partial charge in [0.15, 0.2) is 11.6 Å². The normalized spacial score (nSPS) is 28.4. The van der Waals surface area contributed by atoms with Crippen LogP contribution >= 0.6 is 0 Å². The highest BCUT2D eigenvalue weighted by atomic mass is 19.2. The van der Waals surface area contributed by atoms with Gasteiger partial charge in [-0.15, -0.1) is 0 Å². The summed E-state index contributed by atoms with van der Waals surface area (Å²) in [4.78, 5) is 0. The lowest BCUT2D eigenvalue weighted by Crippen LogP contribution is -2.23. The van der Waals surface area contributed by atoms with Crippen molar-refractivity contribution in [3.8, 4) is 5.75 Å². The highest BCUT2D eigenvalue weighted by Crippen LogP contribution is 2.42. The molecule has 1 nitrogen and oxygen atoms in total. The molecule has 1 aromatic rings. The average molecular weight is 403 g/mol. The number of benzene rings is 1. The van der Waals surface area contributed by atoms with Crippen LogP contribution in [0.25, 0.3) is 5.57 Å². The number of hydrogen-bond donors (Lipinski definition) is 0. The van der Waals surface area contributed by atoms with Gasteiger partial charge in [-0.05, 0) is 86.3 Å². The first-order valence-electron chi connectivity index (χ1n) is 12.0. The number of rotatable bonds is 6. The van der Waals surface area contributed by atoms with E-state index in [0.29, 0.717) is 18.1 Å². The van der Waals surface area contributed by atoms with Gasteiger partial charge >= 0.3 is 0 Å². The molecule has 0 radical (unpaired) electrons. The Labute approximate surface area is 174 Å². The van der Waals surface area contributed by atoms with Gasteiger partial charge in [0.05, 0.1) is 6.61 Å². The molecular formula is C26H36F2O. The molecule has 3 heteroatoms. The summed E-state index contributed by atoms with van der Waals surface area (Å²) in [7, 11) is 0. The van der Waals surface area contributed by atoms with Crippen LogP contribution in [0.15, 0.2) is 18.2 Å². The molecule has 1 atom stereocenters. The monoisotopic (exact) mass is 402 g/mol.